The Hall–Kier alpha value is -2.61. The molecule has 1 aliphatic heterocycles. The molecule has 7 nitrogen and oxygen atoms in total. The zero-order valence-corrected chi connectivity index (χ0v) is 14.0. The molecule has 0 saturated carbocycles. The van der Waals surface area contributed by atoms with Crippen molar-refractivity contribution in [3.8, 4) is 11.3 Å². The van der Waals surface area contributed by atoms with Crippen LogP contribution in [0.25, 0.3) is 11.3 Å². The van der Waals surface area contributed by atoms with Crippen molar-refractivity contribution >= 4 is 34.2 Å². The molecular formula is C16H18N4O3S. The number of benzene rings is 1. The lowest BCUT2D eigenvalue weighted by atomic mass is 10.1. The van der Waals surface area contributed by atoms with E-state index in [1.54, 1.807) is 19.2 Å². The zero-order valence-electron chi connectivity index (χ0n) is 13.2. The van der Waals surface area contributed by atoms with E-state index in [1.165, 1.54) is 21.1 Å². The number of likely N-dealkylation sites (N-methyl/N-ethyl adjacent to an activating group) is 1. The number of likely N-dealkylation sites (tertiary alicyclic amines) is 1. The summed E-state index contributed by atoms with van der Waals surface area (Å²) in [6.07, 6.45) is 0.192. The molecule has 2 heterocycles. The minimum absolute atomic E-state index is 0.242. The molecule has 2 aromatic rings. The molecule has 1 aromatic carbocycles. The Morgan fingerprint density at radius 2 is 2.08 bits per heavy atom. The second-order valence-electron chi connectivity index (χ2n) is 5.67. The second kappa shape index (κ2) is 6.48. The largest absolute Gasteiger partial charge is 0.465 e. The van der Waals surface area contributed by atoms with Crippen molar-refractivity contribution in [2.45, 2.75) is 18.9 Å². The van der Waals surface area contributed by atoms with Crippen LogP contribution >= 0.6 is 11.3 Å². The van der Waals surface area contributed by atoms with Crippen LogP contribution in [0.15, 0.2) is 29.6 Å². The standard InChI is InChI=1S/C16H18N4O3S/c1-19(14(21)13-3-2-8-20(13)16(22)23)15-18-12(9-24-15)10-4-6-11(17)7-5-10/h4-7,9,13H,2-3,8,17H2,1H3,(H,22,23)/t13-/m0/s1. The van der Waals surface area contributed by atoms with E-state index >= 15 is 0 Å². The summed E-state index contributed by atoms with van der Waals surface area (Å²) in [5.41, 5.74) is 8.04. The fourth-order valence-corrected chi connectivity index (χ4v) is 3.58. The molecule has 1 saturated heterocycles. The molecule has 126 valence electrons. The molecule has 1 aliphatic rings. The average Bonchev–Trinajstić information content (AvgIpc) is 3.23. The number of amides is 2. The molecule has 0 aliphatic carbocycles. The van der Waals surface area contributed by atoms with Crippen LogP contribution in [0.2, 0.25) is 0 Å². The molecule has 1 aromatic heterocycles. The van der Waals surface area contributed by atoms with Gasteiger partial charge in [0.2, 0.25) is 0 Å². The second-order valence-corrected chi connectivity index (χ2v) is 6.51. The van der Waals surface area contributed by atoms with Crippen LogP contribution in [-0.4, -0.2) is 46.6 Å². The average molecular weight is 346 g/mol. The van der Waals surface area contributed by atoms with Crippen molar-refractivity contribution in [1.29, 1.82) is 0 Å². The van der Waals surface area contributed by atoms with Crippen molar-refractivity contribution in [2.24, 2.45) is 0 Å². The predicted molar refractivity (Wildman–Crippen MR) is 93.1 cm³/mol. The van der Waals surface area contributed by atoms with Gasteiger partial charge in [0.05, 0.1) is 5.69 Å². The van der Waals surface area contributed by atoms with E-state index in [0.717, 1.165) is 11.3 Å². The van der Waals surface area contributed by atoms with Gasteiger partial charge < -0.3 is 10.8 Å². The summed E-state index contributed by atoms with van der Waals surface area (Å²) >= 11 is 1.35. The van der Waals surface area contributed by atoms with Crippen LogP contribution in [0.3, 0.4) is 0 Å². The number of nitrogens with two attached hydrogens (primary N) is 1. The fraction of sp³-hybridized carbons (Fsp3) is 0.312. The monoisotopic (exact) mass is 346 g/mol. The van der Waals surface area contributed by atoms with E-state index in [-0.39, 0.29) is 5.91 Å². The number of hydrogen-bond acceptors (Lipinski definition) is 5. The maximum Gasteiger partial charge on any atom is 0.407 e. The van der Waals surface area contributed by atoms with Gasteiger partial charge >= 0.3 is 6.09 Å². The summed E-state index contributed by atoms with van der Waals surface area (Å²) in [5, 5.41) is 11.6. The SMILES string of the molecule is CN(C(=O)[C@@H]1CCCN1C(=O)O)c1nc(-c2ccc(N)cc2)cs1. The van der Waals surface area contributed by atoms with E-state index in [9.17, 15) is 14.7 Å². The fourth-order valence-electron chi connectivity index (χ4n) is 2.77. The Kier molecular flexibility index (Phi) is 4.39. The normalized spacial score (nSPS) is 17.0. The minimum Gasteiger partial charge on any atom is -0.465 e. The molecule has 0 radical (unpaired) electrons. The van der Waals surface area contributed by atoms with E-state index in [2.05, 4.69) is 4.98 Å². The van der Waals surface area contributed by atoms with Gasteiger partial charge in [-0.3, -0.25) is 14.6 Å². The quantitative estimate of drug-likeness (QED) is 0.832. The Balaban J connectivity index is 1.78. The molecule has 3 N–H and O–H groups in total. The first kappa shape index (κ1) is 16.3. The third kappa shape index (κ3) is 3.05. The van der Waals surface area contributed by atoms with Gasteiger partial charge in [-0.2, -0.15) is 0 Å². The van der Waals surface area contributed by atoms with Gasteiger partial charge in [0.25, 0.3) is 5.91 Å². The lowest BCUT2D eigenvalue weighted by Crippen LogP contribution is -2.46. The van der Waals surface area contributed by atoms with Gasteiger partial charge in [0.1, 0.15) is 6.04 Å². The number of thiazole rings is 1. The van der Waals surface area contributed by atoms with Gasteiger partial charge in [-0.1, -0.05) is 12.1 Å². The number of aromatic nitrogens is 1. The maximum atomic E-state index is 12.6. The van der Waals surface area contributed by atoms with Crippen molar-refractivity contribution in [3.05, 3.63) is 29.6 Å². The van der Waals surface area contributed by atoms with Crippen LogP contribution in [0.1, 0.15) is 12.8 Å². The number of carbonyl (C=O) groups excluding carboxylic acids is 1. The Bertz CT molecular complexity index is 759. The first-order valence-electron chi connectivity index (χ1n) is 7.56. The van der Waals surface area contributed by atoms with Crippen molar-refractivity contribution in [3.63, 3.8) is 0 Å². The Morgan fingerprint density at radius 3 is 2.75 bits per heavy atom. The van der Waals surface area contributed by atoms with Crippen molar-refractivity contribution in [2.75, 3.05) is 24.2 Å². The highest BCUT2D eigenvalue weighted by Gasteiger charge is 2.36. The highest BCUT2D eigenvalue weighted by atomic mass is 32.1. The minimum atomic E-state index is -1.05. The first-order chi connectivity index (χ1) is 11.5. The van der Waals surface area contributed by atoms with Crippen LogP contribution in [0.4, 0.5) is 15.6 Å². The van der Waals surface area contributed by atoms with Crippen LogP contribution in [0.5, 0.6) is 0 Å². The van der Waals surface area contributed by atoms with E-state index in [0.29, 0.717) is 30.2 Å². The van der Waals surface area contributed by atoms with E-state index < -0.39 is 12.1 Å². The molecule has 8 heteroatoms. The molecule has 1 fully saturated rings. The summed E-state index contributed by atoms with van der Waals surface area (Å²) < 4.78 is 0. The van der Waals surface area contributed by atoms with E-state index in [4.69, 9.17) is 5.73 Å². The molecule has 1 atom stereocenters. The number of carboxylic acid groups (broad SMARTS) is 1. The zero-order chi connectivity index (χ0) is 17.3. The topological polar surface area (TPSA) is 99.8 Å². The number of carbonyl (C=O) groups is 2. The summed E-state index contributed by atoms with van der Waals surface area (Å²) in [6, 6.07) is 6.72. The lowest BCUT2D eigenvalue weighted by Gasteiger charge is -2.24. The van der Waals surface area contributed by atoms with Crippen molar-refractivity contribution in [1.82, 2.24) is 9.88 Å². The number of rotatable bonds is 3. The molecular weight excluding hydrogens is 328 g/mol. The van der Waals surface area contributed by atoms with Gasteiger partial charge in [0, 0.05) is 30.2 Å². The Morgan fingerprint density at radius 1 is 1.38 bits per heavy atom. The summed E-state index contributed by atoms with van der Waals surface area (Å²) in [4.78, 5) is 31.0. The van der Waals surface area contributed by atoms with E-state index in [1.807, 2.05) is 17.5 Å². The number of nitrogens with zero attached hydrogens (tertiary/aromatic N) is 3. The summed E-state index contributed by atoms with van der Waals surface area (Å²) in [6.45, 7) is 0.397. The maximum absolute atomic E-state index is 12.6. The Labute approximate surface area is 143 Å². The van der Waals surface area contributed by atoms with Crippen LogP contribution in [0, 0.1) is 0 Å². The first-order valence-corrected chi connectivity index (χ1v) is 8.44. The highest BCUT2D eigenvalue weighted by Crippen LogP contribution is 2.29. The lowest BCUT2D eigenvalue weighted by molar-refractivity contribution is -0.122. The third-order valence-corrected chi connectivity index (χ3v) is 5.02. The molecule has 3 rings (SSSR count). The highest BCUT2D eigenvalue weighted by molar-refractivity contribution is 7.14. The molecule has 24 heavy (non-hydrogen) atoms. The molecule has 2 amide bonds. The van der Waals surface area contributed by atoms with Crippen LogP contribution < -0.4 is 10.6 Å². The number of nitrogen functional groups attached to an aromatic ring is 1. The van der Waals surface area contributed by atoms with Gasteiger partial charge in [0.15, 0.2) is 5.13 Å². The third-order valence-electron chi connectivity index (χ3n) is 4.10. The van der Waals surface area contributed by atoms with Gasteiger partial charge in [-0.15, -0.1) is 11.3 Å². The van der Waals surface area contributed by atoms with Crippen molar-refractivity contribution < 1.29 is 14.7 Å². The number of hydrogen-bond donors (Lipinski definition) is 2. The molecule has 0 bridgehead atoms. The summed E-state index contributed by atoms with van der Waals surface area (Å²) in [5.74, 6) is -0.242. The molecule has 0 spiro atoms. The summed E-state index contributed by atoms with van der Waals surface area (Å²) in [7, 11) is 1.63. The number of anilines is 2. The van der Waals surface area contributed by atoms with Gasteiger partial charge in [-0.05, 0) is 25.0 Å². The molecule has 0 unspecified atom stereocenters. The smallest absolute Gasteiger partial charge is 0.407 e. The predicted octanol–water partition coefficient (Wildman–Crippen LogP) is 2.50. The van der Waals surface area contributed by atoms with Gasteiger partial charge in [-0.25, -0.2) is 9.78 Å². The van der Waals surface area contributed by atoms with Crippen LogP contribution in [-0.2, 0) is 4.79 Å².